The highest BCUT2D eigenvalue weighted by Crippen LogP contribution is 2.33. The Morgan fingerprint density at radius 2 is 1.88 bits per heavy atom. The lowest BCUT2D eigenvalue weighted by Crippen LogP contribution is -2.44. The molecule has 0 aliphatic carbocycles. The van der Waals surface area contributed by atoms with Gasteiger partial charge in [-0.3, -0.25) is 20.0 Å². The number of nitrogens with one attached hydrogen (secondary N) is 1. The van der Waals surface area contributed by atoms with Crippen LogP contribution in [-0.2, 0) is 29.6 Å². The van der Waals surface area contributed by atoms with Crippen LogP contribution in [0, 0.1) is 12.8 Å². The van der Waals surface area contributed by atoms with Crippen LogP contribution in [-0.4, -0.2) is 73.8 Å². The molecule has 1 N–H and O–H groups in total. The third-order valence-corrected chi connectivity index (χ3v) is 8.83. The summed E-state index contributed by atoms with van der Waals surface area (Å²) in [5, 5.41) is 7.53. The second-order valence-electron chi connectivity index (χ2n) is 12.2. The van der Waals surface area contributed by atoms with E-state index in [4.69, 9.17) is 24.2 Å². The van der Waals surface area contributed by atoms with Crippen LogP contribution in [0.5, 0.6) is 5.88 Å². The first-order valence-corrected chi connectivity index (χ1v) is 15.3. The number of rotatable bonds is 2. The number of anilines is 1. The molecule has 0 saturated carbocycles. The molecule has 11 heteroatoms. The van der Waals surface area contributed by atoms with E-state index in [1.54, 1.807) is 23.0 Å². The summed E-state index contributed by atoms with van der Waals surface area (Å²) in [5.41, 5.74) is 5.80. The lowest BCUT2D eigenvalue weighted by atomic mass is 10.0. The minimum absolute atomic E-state index is 0.226. The molecule has 3 aliphatic heterocycles. The molecule has 1 atom stereocenters. The second kappa shape index (κ2) is 11.4. The lowest BCUT2D eigenvalue weighted by Gasteiger charge is -2.37. The molecule has 7 rings (SSSR count). The number of benzene rings is 1. The number of imidazole rings is 1. The number of pyridine rings is 1. The van der Waals surface area contributed by atoms with Gasteiger partial charge in [0.1, 0.15) is 0 Å². The molecule has 3 aromatic heterocycles. The van der Waals surface area contributed by atoms with E-state index in [0.717, 1.165) is 74.2 Å². The quantitative estimate of drug-likeness (QED) is 0.365. The Hall–Kier alpha value is -3.80. The van der Waals surface area contributed by atoms with E-state index in [1.807, 2.05) is 14.0 Å². The Morgan fingerprint density at radius 1 is 1.07 bits per heavy atom. The van der Waals surface area contributed by atoms with Gasteiger partial charge in [-0.25, -0.2) is 9.67 Å². The summed E-state index contributed by atoms with van der Waals surface area (Å²) in [4.78, 5) is 25.7. The molecule has 0 radical (unpaired) electrons. The van der Waals surface area contributed by atoms with Crippen LogP contribution in [0.1, 0.15) is 54.2 Å². The van der Waals surface area contributed by atoms with Gasteiger partial charge in [0, 0.05) is 57.3 Å². The number of carbonyl (C=O) groups excluding carboxylic acids is 1. The van der Waals surface area contributed by atoms with Gasteiger partial charge < -0.3 is 18.8 Å². The van der Waals surface area contributed by atoms with Gasteiger partial charge in [0.2, 0.25) is 11.8 Å². The topological polar surface area (TPSA) is 109 Å². The summed E-state index contributed by atoms with van der Waals surface area (Å²) in [6, 6.07) is 10.0. The van der Waals surface area contributed by atoms with Crippen LogP contribution in [0.15, 0.2) is 36.5 Å². The van der Waals surface area contributed by atoms with Gasteiger partial charge >= 0.3 is 0 Å². The maximum Gasteiger partial charge on any atom is 0.258 e. The first-order valence-electron chi connectivity index (χ1n) is 15.3. The largest absolute Gasteiger partial charge is 0.477 e. The predicted molar refractivity (Wildman–Crippen MR) is 162 cm³/mol. The van der Waals surface area contributed by atoms with Crippen LogP contribution in [0.25, 0.3) is 22.3 Å². The van der Waals surface area contributed by atoms with Gasteiger partial charge in [-0.2, -0.15) is 5.10 Å². The van der Waals surface area contributed by atoms with E-state index in [9.17, 15) is 4.79 Å². The number of hydrogen-bond acceptors (Lipinski definition) is 8. The van der Waals surface area contributed by atoms with Crippen molar-refractivity contribution in [3.8, 4) is 17.1 Å². The van der Waals surface area contributed by atoms with E-state index < -0.39 is 0 Å². The smallest absolute Gasteiger partial charge is 0.258 e. The van der Waals surface area contributed by atoms with Crippen LogP contribution in [0.4, 0.5) is 5.95 Å². The number of aryl methyl sites for hydroxylation is 2. The number of carbonyl (C=O) groups is 1. The molecule has 4 aromatic rings. The standard InChI is InChI=1S/C32H39N7O4/c1-21-5-4-12-41-30-25(18-33-37(30)3)27-17-24(15-22(2)34-27)29(40)36-31-35-26-7-6-23(16-28(26)39(31)19-21)20-38-10-8-32(9-11-38)42-13-14-43-32/h6-7,15-18,21H,4-5,8-14,19-20H2,1-3H3,(H,35,36,40)/t21-/m1/s1. The number of nitrogens with zero attached hydrogens (tertiary/aromatic N) is 6. The fourth-order valence-electron chi connectivity index (χ4n) is 6.53. The van der Waals surface area contributed by atoms with E-state index >= 15 is 0 Å². The normalized spacial score (nSPS) is 21.1. The van der Waals surface area contributed by atoms with E-state index in [1.165, 1.54) is 5.56 Å². The maximum atomic E-state index is 13.7. The summed E-state index contributed by atoms with van der Waals surface area (Å²) in [6.07, 6.45) is 5.38. The van der Waals surface area contributed by atoms with Crippen molar-refractivity contribution >= 4 is 22.9 Å². The molecular weight excluding hydrogens is 546 g/mol. The Bertz CT molecular complexity index is 1640. The van der Waals surface area contributed by atoms with Crippen LogP contribution in [0.2, 0.25) is 0 Å². The van der Waals surface area contributed by atoms with Gasteiger partial charge in [0.25, 0.3) is 5.91 Å². The zero-order chi connectivity index (χ0) is 29.6. The SMILES string of the molecule is Cc1cc2cc(n1)-c1cnn(C)c1OCCC[C@@H](C)Cn1c(nc3ccc(CN4CCC5(CC4)OCCO5)cc31)NC2=O. The minimum atomic E-state index is -0.374. The molecule has 226 valence electrons. The monoisotopic (exact) mass is 585 g/mol. The number of amides is 1. The van der Waals surface area contributed by atoms with E-state index in [-0.39, 0.29) is 11.7 Å². The summed E-state index contributed by atoms with van der Waals surface area (Å²) in [7, 11) is 1.86. The third-order valence-electron chi connectivity index (χ3n) is 8.83. The van der Waals surface area contributed by atoms with Gasteiger partial charge in [-0.05, 0) is 55.5 Å². The zero-order valence-corrected chi connectivity index (χ0v) is 25.1. The van der Waals surface area contributed by atoms with Crippen molar-refractivity contribution in [3.05, 3.63) is 53.3 Å². The third kappa shape index (κ3) is 5.64. The summed E-state index contributed by atoms with van der Waals surface area (Å²) in [6.45, 7) is 9.53. The fourth-order valence-corrected chi connectivity index (χ4v) is 6.53. The molecular formula is C32H39N7O4. The number of hydrogen-bond donors (Lipinski definition) is 1. The Morgan fingerprint density at radius 3 is 2.70 bits per heavy atom. The summed E-state index contributed by atoms with van der Waals surface area (Å²) in [5.74, 6) is 0.956. The first kappa shape index (κ1) is 28.0. The summed E-state index contributed by atoms with van der Waals surface area (Å²) < 4.78 is 21.9. The Balaban J connectivity index is 1.19. The maximum absolute atomic E-state index is 13.7. The van der Waals surface area contributed by atoms with Gasteiger partial charge in [0.05, 0.1) is 48.3 Å². The first-order chi connectivity index (χ1) is 20.9. The van der Waals surface area contributed by atoms with E-state index in [0.29, 0.717) is 48.8 Å². The number of aromatic nitrogens is 5. The molecule has 0 unspecified atom stereocenters. The molecule has 2 saturated heterocycles. The Labute approximate surface area is 251 Å². The number of ether oxygens (including phenoxy) is 3. The van der Waals surface area contributed by atoms with Crippen molar-refractivity contribution in [1.29, 1.82) is 0 Å². The molecule has 1 amide bonds. The lowest BCUT2D eigenvalue weighted by molar-refractivity contribution is -0.185. The second-order valence-corrected chi connectivity index (χ2v) is 12.2. The van der Waals surface area contributed by atoms with Crippen LogP contribution < -0.4 is 10.1 Å². The van der Waals surface area contributed by atoms with Crippen molar-refractivity contribution in [2.24, 2.45) is 13.0 Å². The molecule has 6 heterocycles. The number of fused-ring (bicyclic) bond motifs is 7. The van der Waals surface area contributed by atoms with Crippen molar-refractivity contribution in [2.45, 2.75) is 58.4 Å². The predicted octanol–water partition coefficient (Wildman–Crippen LogP) is 4.54. The molecule has 11 nitrogen and oxygen atoms in total. The van der Waals surface area contributed by atoms with Gasteiger partial charge in [-0.15, -0.1) is 0 Å². The van der Waals surface area contributed by atoms with Gasteiger partial charge in [0.15, 0.2) is 5.79 Å². The molecule has 2 fully saturated rings. The zero-order valence-electron chi connectivity index (χ0n) is 25.1. The van der Waals surface area contributed by atoms with Crippen molar-refractivity contribution in [2.75, 3.05) is 38.2 Å². The number of piperidine rings is 1. The summed E-state index contributed by atoms with van der Waals surface area (Å²) >= 11 is 0. The molecule has 43 heavy (non-hydrogen) atoms. The highest BCUT2D eigenvalue weighted by atomic mass is 16.7. The fraction of sp³-hybridized carbons (Fsp3) is 0.500. The number of likely N-dealkylation sites (tertiary alicyclic amines) is 1. The molecule has 1 spiro atoms. The average molecular weight is 586 g/mol. The highest BCUT2D eigenvalue weighted by molar-refractivity contribution is 6.04. The van der Waals surface area contributed by atoms with Crippen LogP contribution >= 0.6 is 0 Å². The molecule has 1 aromatic carbocycles. The molecule has 3 aliphatic rings. The minimum Gasteiger partial charge on any atom is -0.477 e. The van der Waals surface area contributed by atoms with Crippen molar-refractivity contribution in [3.63, 3.8) is 0 Å². The van der Waals surface area contributed by atoms with Crippen LogP contribution in [0.3, 0.4) is 0 Å². The van der Waals surface area contributed by atoms with E-state index in [2.05, 4.69) is 45.0 Å². The average Bonchev–Trinajstić information content (AvgIpc) is 3.69. The Kier molecular flexibility index (Phi) is 7.40. The van der Waals surface area contributed by atoms with Crippen molar-refractivity contribution in [1.82, 2.24) is 29.2 Å². The van der Waals surface area contributed by atoms with Crippen molar-refractivity contribution < 1.29 is 19.0 Å². The molecule has 2 bridgehead atoms. The highest BCUT2D eigenvalue weighted by Gasteiger charge is 2.39. The van der Waals surface area contributed by atoms with Gasteiger partial charge in [-0.1, -0.05) is 13.0 Å².